The zero-order valence-corrected chi connectivity index (χ0v) is 9.15. The summed E-state index contributed by atoms with van der Waals surface area (Å²) in [5.74, 6) is 0. The molecule has 1 aliphatic heterocycles. The fraction of sp³-hybridized carbons (Fsp3) is 0.909. The first-order chi connectivity index (χ1) is 7.33. The normalized spacial score (nSPS) is 29.0. The fourth-order valence-corrected chi connectivity index (χ4v) is 2.68. The number of hydrogen-bond donors (Lipinski definition) is 1. The highest BCUT2D eigenvalue weighted by atomic mass is 16.6. The molecule has 1 aliphatic carbocycles. The van der Waals surface area contributed by atoms with Crippen LogP contribution in [0.2, 0.25) is 0 Å². The van der Waals surface area contributed by atoms with Crippen LogP contribution in [0.25, 0.3) is 0 Å². The Balaban J connectivity index is 2.03. The fourth-order valence-electron chi connectivity index (χ4n) is 2.68. The van der Waals surface area contributed by atoms with Gasteiger partial charge in [0.25, 0.3) is 0 Å². The Morgan fingerprint density at radius 2 is 2.00 bits per heavy atom. The van der Waals surface area contributed by atoms with E-state index in [1.165, 1.54) is 19.3 Å². The van der Waals surface area contributed by atoms with Gasteiger partial charge in [-0.15, -0.1) is 0 Å². The molecule has 2 fully saturated rings. The molecule has 0 aromatic heterocycles. The molecule has 2 rings (SSSR count). The average molecular weight is 212 g/mol. The summed E-state index contributed by atoms with van der Waals surface area (Å²) in [5, 5.41) is 0. The molecule has 2 aliphatic rings. The first kappa shape index (κ1) is 10.7. The van der Waals surface area contributed by atoms with Crippen LogP contribution in [0.5, 0.6) is 0 Å². The Kier molecular flexibility index (Phi) is 3.46. The van der Waals surface area contributed by atoms with Crippen LogP contribution in [0.15, 0.2) is 0 Å². The van der Waals surface area contributed by atoms with Gasteiger partial charge in [-0.05, 0) is 12.8 Å². The van der Waals surface area contributed by atoms with E-state index >= 15 is 0 Å². The van der Waals surface area contributed by atoms with Crippen molar-refractivity contribution in [2.45, 2.75) is 50.6 Å². The topological polar surface area (TPSA) is 55.6 Å². The predicted octanol–water partition coefficient (Wildman–Crippen LogP) is 1.49. The molecule has 0 bridgehead atoms. The summed E-state index contributed by atoms with van der Waals surface area (Å²) in [6.07, 6.45) is 6.73. The molecule has 4 heteroatoms. The van der Waals surface area contributed by atoms with E-state index in [1.54, 1.807) is 0 Å². The molecule has 1 atom stereocenters. The van der Waals surface area contributed by atoms with Crippen molar-refractivity contribution in [1.82, 2.24) is 4.90 Å². The van der Waals surface area contributed by atoms with Crippen LogP contribution in [0.3, 0.4) is 0 Å². The molecule has 0 aromatic carbocycles. The lowest BCUT2D eigenvalue weighted by Crippen LogP contribution is -2.54. The maximum absolute atomic E-state index is 11.7. The quantitative estimate of drug-likeness (QED) is 0.754. The van der Waals surface area contributed by atoms with Crippen LogP contribution in [0, 0.1) is 0 Å². The molecule has 1 saturated carbocycles. The third-order valence-corrected chi connectivity index (χ3v) is 3.52. The molecular weight excluding hydrogens is 192 g/mol. The highest BCUT2D eigenvalue weighted by Gasteiger charge is 2.34. The van der Waals surface area contributed by atoms with Gasteiger partial charge in [0.05, 0.1) is 12.6 Å². The molecule has 1 amide bonds. The third kappa shape index (κ3) is 2.25. The maximum Gasteiger partial charge on any atom is 0.410 e. The van der Waals surface area contributed by atoms with Crippen LogP contribution in [0.4, 0.5) is 4.79 Å². The smallest absolute Gasteiger partial charge is 0.410 e. The van der Waals surface area contributed by atoms with Crippen LogP contribution in [-0.2, 0) is 4.74 Å². The molecule has 1 heterocycles. The number of amides is 1. The standard InChI is InChI=1S/C11H20N2O2/c12-8-10-6-7-15-11(14)13(10)9-4-2-1-3-5-9/h9-10H,1-8,12H2. The number of nitrogens with two attached hydrogens (primary N) is 1. The molecule has 0 aromatic rings. The van der Waals surface area contributed by atoms with Gasteiger partial charge in [-0.25, -0.2) is 4.79 Å². The van der Waals surface area contributed by atoms with E-state index < -0.39 is 0 Å². The summed E-state index contributed by atoms with van der Waals surface area (Å²) >= 11 is 0. The SMILES string of the molecule is NCC1CCOC(=O)N1C1CCCCC1. The second kappa shape index (κ2) is 4.84. The molecule has 0 spiro atoms. The summed E-state index contributed by atoms with van der Waals surface area (Å²) < 4.78 is 5.11. The van der Waals surface area contributed by atoms with Crippen molar-refractivity contribution in [2.75, 3.05) is 13.2 Å². The minimum absolute atomic E-state index is 0.149. The van der Waals surface area contributed by atoms with Gasteiger partial charge in [-0.2, -0.15) is 0 Å². The van der Waals surface area contributed by atoms with Crippen LogP contribution >= 0.6 is 0 Å². The van der Waals surface area contributed by atoms with E-state index in [9.17, 15) is 4.79 Å². The Labute approximate surface area is 90.8 Å². The molecule has 1 unspecified atom stereocenters. The summed E-state index contributed by atoms with van der Waals surface area (Å²) in [6, 6.07) is 0.578. The van der Waals surface area contributed by atoms with Gasteiger partial charge in [-0.3, -0.25) is 0 Å². The highest BCUT2D eigenvalue weighted by molar-refractivity contribution is 5.69. The maximum atomic E-state index is 11.7. The number of rotatable bonds is 2. The largest absolute Gasteiger partial charge is 0.449 e. The molecule has 2 N–H and O–H groups in total. The number of carbonyl (C=O) groups is 1. The van der Waals surface area contributed by atoms with Gasteiger partial charge in [0.2, 0.25) is 0 Å². The lowest BCUT2D eigenvalue weighted by Gasteiger charge is -2.41. The third-order valence-electron chi connectivity index (χ3n) is 3.52. The van der Waals surface area contributed by atoms with E-state index in [2.05, 4.69) is 0 Å². The Morgan fingerprint density at radius 3 is 2.67 bits per heavy atom. The van der Waals surface area contributed by atoms with Crippen molar-refractivity contribution in [2.24, 2.45) is 5.73 Å². The van der Waals surface area contributed by atoms with Gasteiger partial charge in [0.1, 0.15) is 0 Å². The molecule has 1 saturated heterocycles. The summed E-state index contributed by atoms with van der Waals surface area (Å²) in [6.45, 7) is 1.09. The number of cyclic esters (lactones) is 1. The van der Waals surface area contributed by atoms with Gasteiger partial charge in [-0.1, -0.05) is 19.3 Å². The lowest BCUT2D eigenvalue weighted by atomic mass is 9.92. The van der Waals surface area contributed by atoms with Crippen LogP contribution in [-0.4, -0.2) is 36.2 Å². The minimum atomic E-state index is -0.149. The van der Waals surface area contributed by atoms with Gasteiger partial charge in [0.15, 0.2) is 0 Å². The molecule has 0 radical (unpaired) electrons. The van der Waals surface area contributed by atoms with Crippen LogP contribution < -0.4 is 5.73 Å². The number of carbonyl (C=O) groups excluding carboxylic acids is 1. The van der Waals surface area contributed by atoms with E-state index in [0.717, 1.165) is 19.3 Å². The summed E-state index contributed by atoms with van der Waals surface area (Å²) in [5.41, 5.74) is 5.71. The second-order valence-electron chi connectivity index (χ2n) is 4.49. The van der Waals surface area contributed by atoms with Crippen molar-refractivity contribution in [3.05, 3.63) is 0 Å². The van der Waals surface area contributed by atoms with Gasteiger partial charge >= 0.3 is 6.09 Å². The number of nitrogens with zero attached hydrogens (tertiary/aromatic N) is 1. The van der Waals surface area contributed by atoms with E-state index in [-0.39, 0.29) is 12.1 Å². The Bertz CT molecular complexity index is 227. The minimum Gasteiger partial charge on any atom is -0.449 e. The molecular formula is C11H20N2O2. The number of ether oxygens (including phenoxy) is 1. The average Bonchev–Trinajstić information content (AvgIpc) is 2.29. The van der Waals surface area contributed by atoms with Crippen molar-refractivity contribution in [1.29, 1.82) is 0 Å². The molecule has 86 valence electrons. The summed E-state index contributed by atoms with van der Waals surface area (Å²) in [4.78, 5) is 13.6. The van der Waals surface area contributed by atoms with Crippen molar-refractivity contribution >= 4 is 6.09 Å². The Hall–Kier alpha value is -0.770. The molecule has 15 heavy (non-hydrogen) atoms. The first-order valence-electron chi connectivity index (χ1n) is 5.98. The van der Waals surface area contributed by atoms with Crippen molar-refractivity contribution < 1.29 is 9.53 Å². The van der Waals surface area contributed by atoms with E-state index in [1.807, 2.05) is 4.90 Å². The number of hydrogen-bond acceptors (Lipinski definition) is 3. The van der Waals surface area contributed by atoms with Gasteiger partial charge < -0.3 is 15.4 Å². The highest BCUT2D eigenvalue weighted by Crippen LogP contribution is 2.27. The van der Waals surface area contributed by atoms with E-state index in [0.29, 0.717) is 19.2 Å². The van der Waals surface area contributed by atoms with Crippen molar-refractivity contribution in [3.63, 3.8) is 0 Å². The first-order valence-corrected chi connectivity index (χ1v) is 5.98. The summed E-state index contributed by atoms with van der Waals surface area (Å²) in [7, 11) is 0. The predicted molar refractivity (Wildman–Crippen MR) is 57.5 cm³/mol. The zero-order valence-electron chi connectivity index (χ0n) is 9.15. The monoisotopic (exact) mass is 212 g/mol. The van der Waals surface area contributed by atoms with Crippen LogP contribution in [0.1, 0.15) is 38.5 Å². The van der Waals surface area contributed by atoms with Gasteiger partial charge in [0, 0.05) is 19.0 Å². The molecule has 4 nitrogen and oxygen atoms in total. The Morgan fingerprint density at radius 1 is 1.27 bits per heavy atom. The van der Waals surface area contributed by atoms with E-state index in [4.69, 9.17) is 10.5 Å². The lowest BCUT2D eigenvalue weighted by molar-refractivity contribution is 0.0182. The zero-order chi connectivity index (χ0) is 10.7. The second-order valence-corrected chi connectivity index (χ2v) is 4.49. The van der Waals surface area contributed by atoms with Crippen molar-refractivity contribution in [3.8, 4) is 0 Å².